The fourth-order valence-corrected chi connectivity index (χ4v) is 4.94. The number of hydrogen-bond donors (Lipinski definition) is 1. The Bertz CT molecular complexity index is 1020. The number of nitrogens with zero attached hydrogens (tertiary/aromatic N) is 1. The van der Waals surface area contributed by atoms with Crippen molar-refractivity contribution in [1.29, 1.82) is 0 Å². The zero-order chi connectivity index (χ0) is 19.0. The van der Waals surface area contributed by atoms with Gasteiger partial charge in [0.1, 0.15) is 10.6 Å². The number of carbonyl (C=O) groups excluding carboxylic acids is 1. The molecular formula is C20H22N2O4S. The molecule has 0 amide bonds. The van der Waals surface area contributed by atoms with Crippen LogP contribution in [0.1, 0.15) is 54.8 Å². The molecule has 0 aromatic carbocycles. The van der Waals surface area contributed by atoms with Gasteiger partial charge in [-0.05, 0) is 49.8 Å². The first-order valence-electron chi connectivity index (χ1n) is 9.27. The second kappa shape index (κ2) is 7.31. The van der Waals surface area contributed by atoms with Crippen LogP contribution in [0, 0.1) is 5.92 Å². The van der Waals surface area contributed by atoms with Crippen LogP contribution in [-0.4, -0.2) is 15.9 Å². The summed E-state index contributed by atoms with van der Waals surface area (Å²) >= 11 is 1.59. The Kier molecular flexibility index (Phi) is 4.86. The molecule has 4 rings (SSSR count). The normalized spacial score (nSPS) is 17.6. The summed E-state index contributed by atoms with van der Waals surface area (Å²) in [7, 11) is 0. The molecule has 0 radical (unpaired) electrons. The van der Waals surface area contributed by atoms with Crippen LogP contribution in [0.25, 0.3) is 10.2 Å². The molecule has 0 aliphatic heterocycles. The molecule has 0 spiro atoms. The van der Waals surface area contributed by atoms with E-state index in [1.165, 1.54) is 4.88 Å². The molecule has 0 fully saturated rings. The zero-order valence-corrected chi connectivity index (χ0v) is 16.2. The fourth-order valence-electron chi connectivity index (χ4n) is 3.55. The van der Waals surface area contributed by atoms with Crippen LogP contribution in [-0.2, 0) is 28.8 Å². The van der Waals surface area contributed by atoms with E-state index in [4.69, 9.17) is 9.15 Å². The van der Waals surface area contributed by atoms with Crippen LogP contribution in [0.2, 0.25) is 0 Å². The van der Waals surface area contributed by atoms with Crippen LogP contribution >= 0.6 is 11.3 Å². The maximum Gasteiger partial charge on any atom is 0.306 e. The lowest BCUT2D eigenvalue weighted by atomic mass is 9.89. The van der Waals surface area contributed by atoms with Gasteiger partial charge >= 0.3 is 5.97 Å². The van der Waals surface area contributed by atoms with E-state index in [1.54, 1.807) is 30.6 Å². The van der Waals surface area contributed by atoms with Crippen molar-refractivity contribution in [2.75, 3.05) is 0 Å². The lowest BCUT2D eigenvalue weighted by Gasteiger charge is -2.17. The number of rotatable bonds is 5. The number of fused-ring (bicyclic) bond motifs is 3. The Hall–Kier alpha value is -2.41. The Morgan fingerprint density at radius 3 is 3.15 bits per heavy atom. The highest BCUT2D eigenvalue weighted by Crippen LogP contribution is 2.35. The molecule has 1 aliphatic rings. The first kappa shape index (κ1) is 18.0. The van der Waals surface area contributed by atoms with Crippen LogP contribution in [0.5, 0.6) is 0 Å². The highest BCUT2D eigenvalue weighted by Gasteiger charge is 2.24. The number of carbonyl (C=O) groups is 1. The van der Waals surface area contributed by atoms with Crippen molar-refractivity contribution in [2.45, 2.75) is 52.1 Å². The summed E-state index contributed by atoms with van der Waals surface area (Å²) in [6, 6.07) is 3.61. The van der Waals surface area contributed by atoms with Gasteiger partial charge in [-0.25, -0.2) is 4.98 Å². The van der Waals surface area contributed by atoms with Gasteiger partial charge in [0.25, 0.3) is 5.56 Å². The number of esters is 1. The molecule has 27 heavy (non-hydrogen) atoms. The zero-order valence-electron chi connectivity index (χ0n) is 15.4. The predicted octanol–water partition coefficient (Wildman–Crippen LogP) is 3.94. The molecule has 2 atom stereocenters. The van der Waals surface area contributed by atoms with E-state index in [0.717, 1.165) is 35.4 Å². The minimum absolute atomic E-state index is 0.138. The van der Waals surface area contributed by atoms with E-state index in [9.17, 15) is 9.59 Å². The number of aromatic nitrogens is 2. The second-order valence-electron chi connectivity index (χ2n) is 7.19. The third kappa shape index (κ3) is 3.69. The number of nitrogens with one attached hydrogen (secondary N) is 1. The van der Waals surface area contributed by atoms with E-state index < -0.39 is 6.10 Å². The average molecular weight is 386 g/mol. The minimum atomic E-state index is -0.607. The first-order valence-corrected chi connectivity index (χ1v) is 10.1. The van der Waals surface area contributed by atoms with Crippen molar-refractivity contribution in [1.82, 2.24) is 9.97 Å². The van der Waals surface area contributed by atoms with Crippen molar-refractivity contribution in [3.8, 4) is 0 Å². The Balaban J connectivity index is 1.51. The van der Waals surface area contributed by atoms with Gasteiger partial charge in [0.05, 0.1) is 18.1 Å². The van der Waals surface area contributed by atoms with Crippen molar-refractivity contribution in [3.05, 3.63) is 50.8 Å². The standard InChI is InChI=1S/C20H22N2O4S/c1-11-5-7-14-15(10-11)27-20-17(14)19(24)21-18(22-20)12(2)26-16(23)8-6-13-4-3-9-25-13/h3-4,9,11-12H,5-8,10H2,1-2H3,(H,21,22,24)/t11-,12-/m0/s1. The van der Waals surface area contributed by atoms with Gasteiger partial charge in [-0.2, -0.15) is 0 Å². The molecule has 142 valence electrons. The van der Waals surface area contributed by atoms with Crippen molar-refractivity contribution in [3.63, 3.8) is 0 Å². The van der Waals surface area contributed by atoms with Gasteiger partial charge in [0.15, 0.2) is 11.9 Å². The SMILES string of the molecule is C[C@H]1CCc2c(sc3nc([C@H](C)OC(=O)CCc4ccco4)[nH]c(=O)c23)C1. The van der Waals surface area contributed by atoms with E-state index in [1.807, 2.05) is 6.07 Å². The predicted molar refractivity (Wildman–Crippen MR) is 103 cm³/mol. The minimum Gasteiger partial charge on any atom is -0.469 e. The molecule has 0 saturated heterocycles. The maximum absolute atomic E-state index is 12.6. The van der Waals surface area contributed by atoms with Crippen molar-refractivity contribution < 1.29 is 13.9 Å². The van der Waals surface area contributed by atoms with Gasteiger partial charge in [-0.3, -0.25) is 9.59 Å². The summed E-state index contributed by atoms with van der Waals surface area (Å²) in [4.78, 5) is 34.1. The molecule has 3 aromatic rings. The molecule has 1 aliphatic carbocycles. The Morgan fingerprint density at radius 1 is 1.52 bits per heavy atom. The van der Waals surface area contributed by atoms with Crippen LogP contribution < -0.4 is 5.56 Å². The number of ether oxygens (including phenoxy) is 1. The molecular weight excluding hydrogens is 364 g/mol. The number of aryl methyl sites for hydroxylation is 2. The Labute approximate surface area is 160 Å². The third-order valence-corrected chi connectivity index (χ3v) is 6.18. The van der Waals surface area contributed by atoms with Crippen LogP contribution in [0.3, 0.4) is 0 Å². The molecule has 7 heteroatoms. The lowest BCUT2D eigenvalue weighted by molar-refractivity contribution is -0.149. The molecule has 3 aromatic heterocycles. The number of furan rings is 1. The van der Waals surface area contributed by atoms with Gasteiger partial charge in [0, 0.05) is 11.3 Å². The summed E-state index contributed by atoms with van der Waals surface area (Å²) < 4.78 is 10.7. The molecule has 0 saturated carbocycles. The molecule has 1 N–H and O–H groups in total. The number of H-pyrrole nitrogens is 1. The Morgan fingerprint density at radius 2 is 2.37 bits per heavy atom. The van der Waals surface area contributed by atoms with Crippen LogP contribution in [0.4, 0.5) is 0 Å². The van der Waals surface area contributed by atoms with Crippen molar-refractivity contribution in [2.24, 2.45) is 5.92 Å². The van der Waals surface area contributed by atoms with E-state index >= 15 is 0 Å². The smallest absolute Gasteiger partial charge is 0.306 e. The third-order valence-electron chi connectivity index (χ3n) is 5.03. The fraction of sp³-hybridized carbons (Fsp3) is 0.450. The van der Waals surface area contributed by atoms with Gasteiger partial charge < -0.3 is 14.1 Å². The highest BCUT2D eigenvalue weighted by molar-refractivity contribution is 7.18. The quantitative estimate of drug-likeness (QED) is 0.671. The van der Waals surface area contributed by atoms with E-state index in [-0.39, 0.29) is 17.9 Å². The number of aromatic amines is 1. The summed E-state index contributed by atoms with van der Waals surface area (Å²) in [6.07, 6.45) is 4.70. The van der Waals surface area contributed by atoms with E-state index in [2.05, 4.69) is 16.9 Å². The number of thiophene rings is 1. The molecule has 0 bridgehead atoms. The first-order chi connectivity index (χ1) is 13.0. The molecule has 0 unspecified atom stereocenters. The second-order valence-corrected chi connectivity index (χ2v) is 8.28. The summed E-state index contributed by atoms with van der Waals surface area (Å²) in [5.74, 6) is 1.43. The highest BCUT2D eigenvalue weighted by atomic mass is 32.1. The summed E-state index contributed by atoms with van der Waals surface area (Å²) in [5.41, 5.74) is 1.01. The monoisotopic (exact) mass is 386 g/mol. The maximum atomic E-state index is 12.6. The van der Waals surface area contributed by atoms with Crippen molar-refractivity contribution >= 4 is 27.5 Å². The van der Waals surface area contributed by atoms with Gasteiger partial charge in [-0.15, -0.1) is 11.3 Å². The lowest BCUT2D eigenvalue weighted by Crippen LogP contribution is -2.18. The number of hydrogen-bond acceptors (Lipinski definition) is 6. The molecule has 3 heterocycles. The largest absolute Gasteiger partial charge is 0.469 e. The topological polar surface area (TPSA) is 85.2 Å². The summed E-state index contributed by atoms with van der Waals surface area (Å²) in [5, 5.41) is 0.710. The molecule has 6 nitrogen and oxygen atoms in total. The van der Waals surface area contributed by atoms with E-state index in [0.29, 0.717) is 23.5 Å². The van der Waals surface area contributed by atoms with Gasteiger partial charge in [-0.1, -0.05) is 6.92 Å². The average Bonchev–Trinajstić information content (AvgIpc) is 3.26. The van der Waals surface area contributed by atoms with Gasteiger partial charge in [0.2, 0.25) is 0 Å². The summed E-state index contributed by atoms with van der Waals surface area (Å²) in [6.45, 7) is 3.96. The van der Waals surface area contributed by atoms with Crippen LogP contribution in [0.15, 0.2) is 27.6 Å².